The molecule has 3 rings (SSSR count). The number of nitrogens with one attached hydrogen (secondary N) is 2. The van der Waals surface area contributed by atoms with Crippen LogP contribution in [-0.4, -0.2) is 52.0 Å². The molecular weight excluding hydrogens is 326 g/mol. The van der Waals surface area contributed by atoms with E-state index in [0.717, 1.165) is 51.7 Å². The molecule has 1 saturated carbocycles. The van der Waals surface area contributed by atoms with Gasteiger partial charge in [-0.2, -0.15) is 0 Å². The lowest BCUT2D eigenvalue weighted by Gasteiger charge is -2.30. The van der Waals surface area contributed by atoms with E-state index in [9.17, 15) is 0 Å². The van der Waals surface area contributed by atoms with Crippen LogP contribution in [0.1, 0.15) is 44.1 Å². The smallest absolute Gasteiger partial charge is 0.191 e. The van der Waals surface area contributed by atoms with Crippen molar-refractivity contribution in [3.8, 4) is 0 Å². The van der Waals surface area contributed by atoms with Crippen molar-refractivity contribution in [3.63, 3.8) is 0 Å². The number of aliphatic imine (C=N–C) groups is 1. The summed E-state index contributed by atoms with van der Waals surface area (Å²) in [6.07, 6.45) is 7.41. The molecule has 1 atom stereocenters. The average Bonchev–Trinajstić information content (AvgIpc) is 3.37. The van der Waals surface area contributed by atoms with E-state index in [1.54, 1.807) is 0 Å². The van der Waals surface area contributed by atoms with Crippen LogP contribution in [0.15, 0.2) is 35.3 Å². The number of hydrogen-bond acceptors (Lipinski definition) is 3. The summed E-state index contributed by atoms with van der Waals surface area (Å²) in [7, 11) is 1.84. The summed E-state index contributed by atoms with van der Waals surface area (Å²) in [5, 5.41) is 6.98. The number of hydrogen-bond donors (Lipinski definition) is 2. The molecule has 2 N–H and O–H groups in total. The lowest BCUT2D eigenvalue weighted by molar-refractivity contribution is 0.0420. The highest BCUT2D eigenvalue weighted by molar-refractivity contribution is 5.79. The van der Waals surface area contributed by atoms with Gasteiger partial charge in [-0.05, 0) is 31.2 Å². The molecule has 0 spiro atoms. The maximum Gasteiger partial charge on any atom is 0.191 e. The lowest BCUT2D eigenvalue weighted by atomic mass is 9.79. The Morgan fingerprint density at radius 2 is 2.04 bits per heavy atom. The first kappa shape index (κ1) is 19.2. The van der Waals surface area contributed by atoms with E-state index in [1.807, 2.05) is 7.05 Å². The third-order valence-corrected chi connectivity index (χ3v) is 5.62. The van der Waals surface area contributed by atoms with Crippen molar-refractivity contribution in [1.82, 2.24) is 10.6 Å². The molecule has 1 aliphatic heterocycles. The van der Waals surface area contributed by atoms with Crippen molar-refractivity contribution in [2.75, 3.05) is 40.0 Å². The molecule has 26 heavy (non-hydrogen) atoms. The Kier molecular flexibility index (Phi) is 7.32. The molecule has 0 amide bonds. The molecule has 1 saturated heterocycles. The predicted molar refractivity (Wildman–Crippen MR) is 106 cm³/mol. The third kappa shape index (κ3) is 5.21. The Labute approximate surface area is 157 Å². The highest BCUT2D eigenvalue weighted by Gasteiger charge is 2.35. The SMILES string of the molecule is CN=C(NCCCOC1CCOC1)NCC1(c2ccccc2)CCCC1. The Bertz CT molecular complexity index is 550. The van der Waals surface area contributed by atoms with Gasteiger partial charge in [0.1, 0.15) is 0 Å². The molecule has 144 valence electrons. The Hall–Kier alpha value is -1.59. The topological polar surface area (TPSA) is 54.9 Å². The summed E-state index contributed by atoms with van der Waals surface area (Å²) in [6, 6.07) is 10.9. The largest absolute Gasteiger partial charge is 0.379 e. The van der Waals surface area contributed by atoms with Gasteiger partial charge in [-0.25, -0.2) is 0 Å². The Balaban J connectivity index is 1.41. The number of ether oxygens (including phenoxy) is 2. The zero-order valence-corrected chi connectivity index (χ0v) is 16.0. The van der Waals surface area contributed by atoms with Gasteiger partial charge in [-0.15, -0.1) is 0 Å². The Morgan fingerprint density at radius 1 is 1.23 bits per heavy atom. The van der Waals surface area contributed by atoms with Gasteiger partial charge in [-0.3, -0.25) is 4.99 Å². The fraction of sp³-hybridized carbons (Fsp3) is 0.667. The highest BCUT2D eigenvalue weighted by Crippen LogP contribution is 2.40. The zero-order valence-electron chi connectivity index (χ0n) is 16.0. The van der Waals surface area contributed by atoms with Gasteiger partial charge < -0.3 is 20.1 Å². The van der Waals surface area contributed by atoms with Crippen molar-refractivity contribution >= 4 is 5.96 Å². The maximum atomic E-state index is 5.81. The maximum absolute atomic E-state index is 5.81. The minimum Gasteiger partial charge on any atom is -0.379 e. The molecule has 0 radical (unpaired) electrons. The standard InChI is InChI=1S/C21H33N3O2/c1-22-20(23-13-7-14-26-19-10-15-25-16-19)24-17-21(11-5-6-12-21)18-8-3-2-4-9-18/h2-4,8-9,19H,5-7,10-17H2,1H3,(H2,22,23,24). The minimum absolute atomic E-state index is 0.241. The van der Waals surface area contributed by atoms with Crippen LogP contribution < -0.4 is 10.6 Å². The number of rotatable bonds is 8. The minimum atomic E-state index is 0.241. The summed E-state index contributed by atoms with van der Waals surface area (Å²) < 4.78 is 11.1. The molecule has 1 heterocycles. The van der Waals surface area contributed by atoms with Crippen LogP contribution in [0, 0.1) is 0 Å². The molecule has 5 heteroatoms. The van der Waals surface area contributed by atoms with E-state index in [4.69, 9.17) is 9.47 Å². The van der Waals surface area contributed by atoms with Crippen LogP contribution in [0.3, 0.4) is 0 Å². The second-order valence-corrected chi connectivity index (χ2v) is 7.42. The van der Waals surface area contributed by atoms with Gasteiger partial charge in [-0.1, -0.05) is 43.2 Å². The van der Waals surface area contributed by atoms with Crippen LogP contribution in [0.2, 0.25) is 0 Å². The number of nitrogens with zero attached hydrogens (tertiary/aromatic N) is 1. The monoisotopic (exact) mass is 359 g/mol. The molecule has 1 aliphatic carbocycles. The van der Waals surface area contributed by atoms with Crippen LogP contribution >= 0.6 is 0 Å². The summed E-state index contributed by atoms with van der Waals surface area (Å²) in [6.45, 7) is 4.16. The van der Waals surface area contributed by atoms with Gasteiger partial charge in [0.25, 0.3) is 0 Å². The quantitative estimate of drug-likeness (QED) is 0.426. The van der Waals surface area contributed by atoms with E-state index in [0.29, 0.717) is 6.10 Å². The van der Waals surface area contributed by atoms with Crippen LogP contribution in [0.5, 0.6) is 0 Å². The molecule has 2 aliphatic rings. The first-order chi connectivity index (χ1) is 12.8. The Morgan fingerprint density at radius 3 is 2.73 bits per heavy atom. The molecule has 5 nitrogen and oxygen atoms in total. The van der Waals surface area contributed by atoms with Gasteiger partial charge >= 0.3 is 0 Å². The van der Waals surface area contributed by atoms with Crippen molar-refractivity contribution < 1.29 is 9.47 Å². The summed E-state index contributed by atoms with van der Waals surface area (Å²) in [4.78, 5) is 4.38. The average molecular weight is 360 g/mol. The van der Waals surface area contributed by atoms with Crippen molar-refractivity contribution in [2.24, 2.45) is 4.99 Å². The molecule has 0 aromatic heterocycles. The van der Waals surface area contributed by atoms with Crippen molar-refractivity contribution in [2.45, 2.75) is 50.0 Å². The predicted octanol–water partition coefficient (Wildman–Crippen LogP) is 2.86. The first-order valence-electron chi connectivity index (χ1n) is 10.0. The van der Waals surface area contributed by atoms with E-state index in [1.165, 1.54) is 31.2 Å². The van der Waals surface area contributed by atoms with E-state index in [2.05, 4.69) is 46.0 Å². The summed E-state index contributed by atoms with van der Waals surface area (Å²) in [5.41, 5.74) is 1.69. The molecular formula is C21H33N3O2. The van der Waals surface area contributed by atoms with Crippen molar-refractivity contribution in [1.29, 1.82) is 0 Å². The van der Waals surface area contributed by atoms with E-state index in [-0.39, 0.29) is 5.41 Å². The van der Waals surface area contributed by atoms with E-state index < -0.39 is 0 Å². The van der Waals surface area contributed by atoms with Crippen LogP contribution in [0.4, 0.5) is 0 Å². The first-order valence-corrected chi connectivity index (χ1v) is 10.0. The molecule has 1 aromatic carbocycles. The van der Waals surface area contributed by atoms with E-state index >= 15 is 0 Å². The second kappa shape index (κ2) is 9.93. The molecule has 1 unspecified atom stereocenters. The number of benzene rings is 1. The normalized spacial score (nSPS) is 22.5. The van der Waals surface area contributed by atoms with Gasteiger partial charge in [0, 0.05) is 38.8 Å². The van der Waals surface area contributed by atoms with Crippen LogP contribution in [0.25, 0.3) is 0 Å². The van der Waals surface area contributed by atoms with Gasteiger partial charge in [0.05, 0.1) is 12.7 Å². The fourth-order valence-corrected chi connectivity index (χ4v) is 4.06. The molecule has 1 aromatic rings. The molecule has 2 fully saturated rings. The van der Waals surface area contributed by atoms with Gasteiger partial charge in [0.15, 0.2) is 5.96 Å². The van der Waals surface area contributed by atoms with Gasteiger partial charge in [0.2, 0.25) is 0 Å². The zero-order chi connectivity index (χ0) is 18.1. The second-order valence-electron chi connectivity index (χ2n) is 7.42. The van der Waals surface area contributed by atoms with Crippen molar-refractivity contribution in [3.05, 3.63) is 35.9 Å². The van der Waals surface area contributed by atoms with Crippen LogP contribution in [-0.2, 0) is 14.9 Å². The number of guanidine groups is 1. The fourth-order valence-electron chi connectivity index (χ4n) is 4.06. The summed E-state index contributed by atoms with van der Waals surface area (Å²) >= 11 is 0. The molecule has 0 bridgehead atoms. The lowest BCUT2D eigenvalue weighted by Crippen LogP contribution is -2.45. The summed E-state index contributed by atoms with van der Waals surface area (Å²) in [5.74, 6) is 0.886. The third-order valence-electron chi connectivity index (χ3n) is 5.62. The highest BCUT2D eigenvalue weighted by atomic mass is 16.5.